The van der Waals surface area contributed by atoms with Gasteiger partial charge in [-0.05, 0) is 98.0 Å². The Morgan fingerprint density at radius 1 is 0.529 bits per heavy atom. The summed E-state index contributed by atoms with van der Waals surface area (Å²) in [6, 6.07) is 26.4. The van der Waals surface area contributed by atoms with Crippen LogP contribution < -0.4 is 0 Å². The van der Waals surface area contributed by atoms with Gasteiger partial charge >= 0.3 is 0 Å². The van der Waals surface area contributed by atoms with Crippen molar-refractivity contribution in [2.24, 2.45) is 0 Å². The Kier molecular flexibility index (Phi) is 4.19. The van der Waals surface area contributed by atoms with Gasteiger partial charge in [0.2, 0.25) is 0 Å². The highest BCUT2D eigenvalue weighted by Crippen LogP contribution is 2.40. The molecule has 0 aliphatic heterocycles. The molecule has 0 spiro atoms. The van der Waals surface area contributed by atoms with E-state index in [9.17, 15) is 8.78 Å². The highest BCUT2D eigenvalue weighted by atomic mass is 19.1. The van der Waals surface area contributed by atoms with E-state index in [1.54, 1.807) is 0 Å². The molecule has 0 saturated carbocycles. The van der Waals surface area contributed by atoms with Crippen molar-refractivity contribution >= 4 is 32.7 Å². The molecule has 6 aromatic rings. The van der Waals surface area contributed by atoms with Gasteiger partial charge in [0.15, 0.2) is 0 Å². The molecule has 0 atom stereocenters. The molecule has 4 aromatic carbocycles. The number of nitrogens with zero attached hydrogens (tertiary/aromatic N) is 2. The zero-order valence-corrected chi connectivity index (χ0v) is 18.6. The van der Waals surface area contributed by atoms with Crippen molar-refractivity contribution < 1.29 is 8.78 Å². The fourth-order valence-electron chi connectivity index (χ4n) is 5.76. The lowest BCUT2D eigenvalue weighted by Gasteiger charge is -2.16. The maximum Gasteiger partial charge on any atom is 0.123 e. The highest BCUT2D eigenvalue weighted by Gasteiger charge is 2.23. The molecule has 2 aromatic heterocycles. The van der Waals surface area contributed by atoms with Crippen molar-refractivity contribution in [2.75, 3.05) is 0 Å². The van der Waals surface area contributed by atoms with E-state index < -0.39 is 0 Å². The molecule has 0 N–H and O–H groups in total. The van der Waals surface area contributed by atoms with Gasteiger partial charge in [-0.25, -0.2) is 8.78 Å². The third kappa shape index (κ3) is 2.78. The zero-order valence-electron chi connectivity index (χ0n) is 18.6. The van der Waals surface area contributed by atoms with E-state index in [2.05, 4.69) is 39.5 Å². The number of para-hydroxylation sites is 1. The predicted octanol–water partition coefficient (Wildman–Crippen LogP) is 7.88. The van der Waals surface area contributed by atoms with Gasteiger partial charge in [-0.3, -0.25) is 0 Å². The van der Waals surface area contributed by atoms with Gasteiger partial charge in [-0.15, -0.1) is 0 Å². The topological polar surface area (TPSA) is 9.86 Å². The van der Waals surface area contributed by atoms with Crippen LogP contribution in [-0.2, 0) is 12.8 Å². The van der Waals surface area contributed by atoms with Crippen LogP contribution in [0, 0.1) is 11.6 Å². The molecule has 2 nitrogen and oxygen atoms in total. The molecule has 0 radical (unpaired) electrons. The van der Waals surface area contributed by atoms with Crippen LogP contribution in [0.4, 0.5) is 8.78 Å². The number of aromatic nitrogens is 2. The second-order valence-electron chi connectivity index (χ2n) is 9.16. The van der Waals surface area contributed by atoms with Crippen molar-refractivity contribution in [1.82, 2.24) is 9.13 Å². The number of rotatable bonds is 2. The largest absolute Gasteiger partial charge is 0.313 e. The lowest BCUT2D eigenvalue weighted by molar-refractivity contribution is 0.626. The van der Waals surface area contributed by atoms with Gasteiger partial charge < -0.3 is 9.13 Å². The second-order valence-corrected chi connectivity index (χ2v) is 9.16. The molecule has 0 saturated heterocycles. The zero-order chi connectivity index (χ0) is 22.8. The Bertz CT molecular complexity index is 1700. The lowest BCUT2D eigenvalue weighted by atomic mass is 9.95. The number of hydrogen-bond donors (Lipinski definition) is 0. The maximum absolute atomic E-state index is 13.7. The second kappa shape index (κ2) is 7.29. The monoisotopic (exact) mass is 448 g/mol. The molecular weight excluding hydrogens is 426 g/mol. The van der Waals surface area contributed by atoms with Crippen molar-refractivity contribution in [3.05, 3.63) is 108 Å². The number of halogens is 2. The van der Waals surface area contributed by atoms with E-state index in [1.807, 2.05) is 30.3 Å². The van der Waals surface area contributed by atoms with E-state index >= 15 is 0 Å². The van der Waals surface area contributed by atoms with Gasteiger partial charge in [-0.2, -0.15) is 0 Å². The quantitative estimate of drug-likeness (QED) is 0.255. The molecule has 166 valence electrons. The molecule has 0 unspecified atom stereocenters. The van der Waals surface area contributed by atoms with Crippen LogP contribution in [0.25, 0.3) is 44.1 Å². The van der Waals surface area contributed by atoms with Crippen LogP contribution in [-0.4, -0.2) is 9.13 Å². The van der Waals surface area contributed by atoms with E-state index in [-0.39, 0.29) is 11.6 Å². The maximum atomic E-state index is 13.7. The average molecular weight is 449 g/mol. The van der Waals surface area contributed by atoms with Crippen molar-refractivity contribution in [3.8, 4) is 11.4 Å². The van der Waals surface area contributed by atoms with Gasteiger partial charge in [0.05, 0.1) is 16.6 Å². The van der Waals surface area contributed by atoms with Crippen LogP contribution in [0.3, 0.4) is 0 Å². The standard InChI is InChI=1S/C30H22F2N2/c31-19-9-13-21(14-10-19)33-27-7-3-1-5-23(27)25-17-26-24-6-2-4-8-28(24)34(30(26)18-29(25)33)22-15-11-20(32)12-16-22/h1,3,5,7,9-18H,2,4,6,8H2. The van der Waals surface area contributed by atoms with Crippen LogP contribution in [0.2, 0.25) is 0 Å². The summed E-state index contributed by atoms with van der Waals surface area (Å²) in [5, 5.41) is 3.65. The summed E-state index contributed by atoms with van der Waals surface area (Å²) in [5.41, 5.74) is 7.97. The van der Waals surface area contributed by atoms with E-state index in [1.165, 1.54) is 58.1 Å². The summed E-state index contributed by atoms with van der Waals surface area (Å²) in [5.74, 6) is -0.474. The Morgan fingerprint density at radius 2 is 1.15 bits per heavy atom. The summed E-state index contributed by atoms with van der Waals surface area (Å²) >= 11 is 0. The molecule has 1 aliphatic carbocycles. The first-order chi connectivity index (χ1) is 16.7. The number of aryl methyl sites for hydroxylation is 1. The molecular formula is C30H22F2N2. The first-order valence-electron chi connectivity index (χ1n) is 11.8. The Balaban J connectivity index is 1.63. The third-order valence-electron chi connectivity index (χ3n) is 7.23. The summed E-state index contributed by atoms with van der Waals surface area (Å²) in [6.07, 6.45) is 4.42. The van der Waals surface area contributed by atoms with E-state index in [4.69, 9.17) is 0 Å². The van der Waals surface area contributed by atoms with E-state index in [0.717, 1.165) is 47.2 Å². The van der Waals surface area contributed by atoms with Gasteiger partial charge in [0.25, 0.3) is 0 Å². The molecule has 1 aliphatic rings. The van der Waals surface area contributed by atoms with Crippen molar-refractivity contribution in [1.29, 1.82) is 0 Å². The average Bonchev–Trinajstić information content (AvgIpc) is 3.36. The van der Waals surface area contributed by atoms with Gasteiger partial charge in [0.1, 0.15) is 11.6 Å². The molecule has 7 rings (SSSR count). The number of fused-ring (bicyclic) bond motifs is 6. The summed E-state index contributed by atoms with van der Waals surface area (Å²) in [6.45, 7) is 0. The fourth-order valence-corrected chi connectivity index (χ4v) is 5.76. The van der Waals surface area contributed by atoms with Gasteiger partial charge in [0, 0.05) is 33.2 Å². The first kappa shape index (κ1) is 19.5. The SMILES string of the molecule is Fc1ccc(-n2c3c(c4cc5c6ccccc6n(-c6ccc(F)cc6)c5cc42)CCCC3)cc1. The Hall–Kier alpha value is -3.92. The predicted molar refractivity (Wildman–Crippen MR) is 134 cm³/mol. The minimum atomic E-state index is -0.246. The molecule has 0 amide bonds. The molecule has 0 fully saturated rings. The van der Waals surface area contributed by atoms with Crippen LogP contribution >= 0.6 is 0 Å². The minimum Gasteiger partial charge on any atom is -0.313 e. The Labute approximate surface area is 195 Å². The summed E-state index contributed by atoms with van der Waals surface area (Å²) in [4.78, 5) is 0. The number of benzene rings is 4. The van der Waals surface area contributed by atoms with Crippen molar-refractivity contribution in [3.63, 3.8) is 0 Å². The molecule has 2 heterocycles. The normalized spacial score (nSPS) is 13.7. The fraction of sp³-hybridized carbons (Fsp3) is 0.133. The van der Waals surface area contributed by atoms with Crippen LogP contribution in [0.1, 0.15) is 24.1 Å². The minimum absolute atomic E-state index is 0.229. The summed E-state index contributed by atoms with van der Waals surface area (Å²) in [7, 11) is 0. The van der Waals surface area contributed by atoms with Crippen LogP contribution in [0.5, 0.6) is 0 Å². The van der Waals surface area contributed by atoms with Gasteiger partial charge in [-0.1, -0.05) is 18.2 Å². The first-order valence-corrected chi connectivity index (χ1v) is 11.8. The smallest absolute Gasteiger partial charge is 0.123 e. The van der Waals surface area contributed by atoms with Crippen molar-refractivity contribution in [2.45, 2.75) is 25.7 Å². The summed E-state index contributed by atoms with van der Waals surface area (Å²) < 4.78 is 32.0. The lowest BCUT2D eigenvalue weighted by Crippen LogP contribution is -2.06. The molecule has 0 bridgehead atoms. The van der Waals surface area contributed by atoms with Crippen LogP contribution in [0.15, 0.2) is 84.9 Å². The Morgan fingerprint density at radius 3 is 1.88 bits per heavy atom. The highest BCUT2D eigenvalue weighted by molar-refractivity contribution is 6.14. The molecule has 34 heavy (non-hydrogen) atoms. The third-order valence-corrected chi connectivity index (χ3v) is 7.23. The van der Waals surface area contributed by atoms with E-state index in [0.29, 0.717) is 0 Å². The molecule has 4 heteroatoms. The number of hydrogen-bond acceptors (Lipinski definition) is 0.